The van der Waals surface area contributed by atoms with Gasteiger partial charge in [0.15, 0.2) is 0 Å². The summed E-state index contributed by atoms with van der Waals surface area (Å²) in [5.41, 5.74) is 2.11. The van der Waals surface area contributed by atoms with Crippen molar-refractivity contribution in [3.63, 3.8) is 0 Å². The molecule has 1 fully saturated rings. The molecule has 1 aliphatic heterocycles. The smallest absolute Gasteiger partial charge is 0.223 e. The highest BCUT2D eigenvalue weighted by Gasteiger charge is 2.32. The Morgan fingerprint density at radius 3 is 2.43 bits per heavy atom. The van der Waals surface area contributed by atoms with Crippen molar-refractivity contribution >= 4 is 46.4 Å². The van der Waals surface area contributed by atoms with E-state index in [9.17, 15) is 4.79 Å². The molecule has 6 heteroatoms. The summed E-state index contributed by atoms with van der Waals surface area (Å²) in [7, 11) is 0. The molecule has 0 radical (unpaired) electrons. The van der Waals surface area contributed by atoms with E-state index in [-0.39, 0.29) is 23.9 Å². The van der Waals surface area contributed by atoms with E-state index in [0.717, 1.165) is 30.5 Å². The molecule has 2 aromatic carbocycles. The van der Waals surface area contributed by atoms with Crippen molar-refractivity contribution in [1.29, 1.82) is 0 Å². The van der Waals surface area contributed by atoms with Gasteiger partial charge < -0.3 is 10.2 Å². The summed E-state index contributed by atoms with van der Waals surface area (Å²) < 4.78 is 0. The minimum Gasteiger partial charge on any atom is -0.362 e. The third-order valence-corrected chi connectivity index (χ3v) is 6.28. The Hall–Kier alpha value is -1.42. The monoisotopic (exact) mass is 438 g/mol. The zero-order chi connectivity index (χ0) is 20.3. The molecule has 1 N–H and O–H groups in total. The summed E-state index contributed by atoms with van der Waals surface area (Å²) in [4.78, 5) is 14.7. The average molecular weight is 440 g/mol. The number of rotatable bonds is 5. The van der Waals surface area contributed by atoms with Crippen LogP contribution in [0.3, 0.4) is 0 Å². The second-order valence-corrected chi connectivity index (χ2v) is 8.68. The molecule has 1 heterocycles. The number of hydrogen-bond donors (Lipinski definition) is 1. The highest BCUT2D eigenvalue weighted by Crippen LogP contribution is 2.39. The number of benzene rings is 2. The Morgan fingerprint density at radius 2 is 1.79 bits per heavy atom. The van der Waals surface area contributed by atoms with E-state index in [1.54, 1.807) is 6.07 Å². The highest BCUT2D eigenvalue weighted by atomic mass is 35.5. The van der Waals surface area contributed by atoms with Crippen LogP contribution >= 0.6 is 34.8 Å². The van der Waals surface area contributed by atoms with Crippen molar-refractivity contribution in [3.05, 3.63) is 63.1 Å². The fraction of sp³-hybridized carbons (Fsp3) is 0.409. The second kappa shape index (κ2) is 9.39. The summed E-state index contributed by atoms with van der Waals surface area (Å²) >= 11 is 18.7. The van der Waals surface area contributed by atoms with Crippen LogP contribution in [-0.4, -0.2) is 18.5 Å². The Labute approximate surface area is 182 Å². The SMILES string of the molecule is CCC(C)C(=O)NC1CCC(c2ccc(Cl)cc2Cl)N(c2ccc(Cl)cc2)C1. The van der Waals surface area contributed by atoms with Crippen molar-refractivity contribution < 1.29 is 4.79 Å². The molecule has 1 amide bonds. The topological polar surface area (TPSA) is 32.3 Å². The molecular weight excluding hydrogens is 415 g/mol. The van der Waals surface area contributed by atoms with Gasteiger partial charge >= 0.3 is 0 Å². The fourth-order valence-corrected chi connectivity index (χ4v) is 4.29. The maximum Gasteiger partial charge on any atom is 0.223 e. The number of nitrogens with zero attached hydrogens (tertiary/aromatic N) is 1. The van der Waals surface area contributed by atoms with Crippen LogP contribution in [0.2, 0.25) is 15.1 Å². The Balaban J connectivity index is 1.88. The standard InChI is InChI=1S/C22H25Cl3N2O/c1-3-14(2)22(28)26-17-7-11-21(19-10-6-16(24)12-20(19)25)27(13-17)18-8-4-15(23)5-9-18/h4-6,8-10,12,14,17,21H,3,7,11,13H2,1-2H3,(H,26,28). The van der Waals surface area contributed by atoms with Gasteiger partial charge in [0.1, 0.15) is 0 Å². The van der Waals surface area contributed by atoms with E-state index in [0.29, 0.717) is 21.6 Å². The molecule has 1 aliphatic rings. The first-order valence-electron chi connectivity index (χ1n) is 9.66. The van der Waals surface area contributed by atoms with Gasteiger partial charge in [-0.3, -0.25) is 4.79 Å². The van der Waals surface area contributed by atoms with Gasteiger partial charge in [-0.15, -0.1) is 0 Å². The first-order valence-corrected chi connectivity index (χ1v) is 10.8. The lowest BCUT2D eigenvalue weighted by atomic mass is 9.91. The molecule has 3 nitrogen and oxygen atoms in total. The number of anilines is 1. The van der Waals surface area contributed by atoms with E-state index >= 15 is 0 Å². The van der Waals surface area contributed by atoms with Gasteiger partial charge in [-0.1, -0.05) is 54.7 Å². The maximum absolute atomic E-state index is 12.4. The highest BCUT2D eigenvalue weighted by molar-refractivity contribution is 6.35. The van der Waals surface area contributed by atoms with Gasteiger partial charge in [-0.05, 0) is 61.2 Å². The molecule has 28 heavy (non-hydrogen) atoms. The van der Waals surface area contributed by atoms with Crippen molar-refractivity contribution in [1.82, 2.24) is 5.32 Å². The minimum absolute atomic E-state index is 0.0208. The predicted molar refractivity (Wildman–Crippen MR) is 119 cm³/mol. The molecule has 0 bridgehead atoms. The van der Waals surface area contributed by atoms with Crippen molar-refractivity contribution in [3.8, 4) is 0 Å². The van der Waals surface area contributed by atoms with E-state index in [1.807, 2.05) is 50.2 Å². The van der Waals surface area contributed by atoms with Crippen LogP contribution in [0.5, 0.6) is 0 Å². The van der Waals surface area contributed by atoms with Gasteiger partial charge in [0.05, 0.1) is 6.04 Å². The maximum atomic E-state index is 12.4. The number of piperidine rings is 1. The summed E-state index contributed by atoms with van der Waals surface area (Å²) in [5, 5.41) is 5.20. The van der Waals surface area contributed by atoms with E-state index in [2.05, 4.69) is 10.2 Å². The van der Waals surface area contributed by atoms with Crippen molar-refractivity contribution in [2.24, 2.45) is 5.92 Å². The summed E-state index contributed by atoms with van der Waals surface area (Å²) in [6, 6.07) is 13.7. The van der Waals surface area contributed by atoms with Gasteiger partial charge in [0, 0.05) is 39.3 Å². The molecule has 150 valence electrons. The van der Waals surface area contributed by atoms with Gasteiger partial charge in [-0.2, -0.15) is 0 Å². The van der Waals surface area contributed by atoms with E-state index < -0.39 is 0 Å². The molecule has 0 spiro atoms. The number of carbonyl (C=O) groups excluding carboxylic acids is 1. The number of nitrogens with one attached hydrogen (secondary N) is 1. The van der Waals surface area contributed by atoms with Crippen LogP contribution < -0.4 is 10.2 Å². The van der Waals surface area contributed by atoms with Gasteiger partial charge in [0.2, 0.25) is 5.91 Å². The van der Waals surface area contributed by atoms with Crippen LogP contribution in [0, 0.1) is 5.92 Å². The molecule has 3 unspecified atom stereocenters. The first kappa shape index (κ1) is 21.3. The molecule has 0 aliphatic carbocycles. The number of carbonyl (C=O) groups is 1. The molecule has 0 aromatic heterocycles. The number of hydrogen-bond acceptors (Lipinski definition) is 2. The lowest BCUT2D eigenvalue weighted by Gasteiger charge is -2.42. The molecular formula is C22H25Cl3N2O. The minimum atomic E-state index is 0.0208. The third kappa shape index (κ3) is 4.94. The zero-order valence-electron chi connectivity index (χ0n) is 16.1. The quantitative estimate of drug-likeness (QED) is 0.575. The molecule has 1 saturated heterocycles. The van der Waals surface area contributed by atoms with E-state index in [4.69, 9.17) is 34.8 Å². The van der Waals surface area contributed by atoms with Crippen LogP contribution in [0.15, 0.2) is 42.5 Å². The van der Waals surface area contributed by atoms with Crippen molar-refractivity contribution in [2.45, 2.75) is 45.2 Å². The number of halogens is 3. The largest absolute Gasteiger partial charge is 0.362 e. The van der Waals surface area contributed by atoms with Crippen LogP contribution in [-0.2, 0) is 4.79 Å². The second-order valence-electron chi connectivity index (χ2n) is 7.40. The van der Waals surface area contributed by atoms with Gasteiger partial charge in [0.25, 0.3) is 0 Å². The summed E-state index contributed by atoms with van der Waals surface area (Å²) in [6.07, 6.45) is 2.62. The van der Waals surface area contributed by atoms with Crippen molar-refractivity contribution in [2.75, 3.05) is 11.4 Å². The van der Waals surface area contributed by atoms with Crippen LogP contribution in [0.25, 0.3) is 0 Å². The molecule has 0 saturated carbocycles. The Kier molecular flexibility index (Phi) is 7.14. The third-order valence-electron chi connectivity index (χ3n) is 5.47. The molecule has 3 atom stereocenters. The predicted octanol–water partition coefficient (Wildman–Crippen LogP) is 6.52. The van der Waals surface area contributed by atoms with Crippen LogP contribution in [0.4, 0.5) is 5.69 Å². The molecule has 3 rings (SSSR count). The normalized spacial score (nSPS) is 20.7. The number of amides is 1. The first-order chi connectivity index (χ1) is 13.4. The lowest BCUT2D eigenvalue weighted by molar-refractivity contribution is -0.125. The van der Waals surface area contributed by atoms with Crippen LogP contribution in [0.1, 0.15) is 44.7 Å². The average Bonchev–Trinajstić information content (AvgIpc) is 2.68. The van der Waals surface area contributed by atoms with E-state index in [1.165, 1.54) is 0 Å². The summed E-state index contributed by atoms with van der Waals surface area (Å²) in [6.45, 7) is 4.71. The summed E-state index contributed by atoms with van der Waals surface area (Å²) in [5.74, 6) is 0.138. The van der Waals surface area contributed by atoms with Gasteiger partial charge in [-0.25, -0.2) is 0 Å². The lowest BCUT2D eigenvalue weighted by Crippen LogP contribution is -2.50. The Bertz CT molecular complexity index is 825. The zero-order valence-corrected chi connectivity index (χ0v) is 18.4. The fourth-order valence-electron chi connectivity index (χ4n) is 3.63. The Morgan fingerprint density at radius 1 is 1.11 bits per heavy atom. The molecule has 2 aromatic rings.